The smallest absolute Gasteiger partial charge is 0.277 e. The molecule has 0 spiro atoms. The predicted molar refractivity (Wildman–Crippen MR) is 136 cm³/mol. The lowest BCUT2D eigenvalue weighted by molar-refractivity contribution is -0.123. The summed E-state index contributed by atoms with van der Waals surface area (Å²) in [6, 6.07) is 18.8. The van der Waals surface area contributed by atoms with E-state index < -0.39 is 6.04 Å². The molecule has 1 N–H and O–H groups in total. The summed E-state index contributed by atoms with van der Waals surface area (Å²) in [5, 5.41) is 3.21. The number of carbonyl (C=O) groups is 3. The van der Waals surface area contributed by atoms with E-state index in [2.05, 4.69) is 10.3 Å². The number of aromatic nitrogens is 1. The van der Waals surface area contributed by atoms with Gasteiger partial charge >= 0.3 is 0 Å². The molecule has 1 atom stereocenters. The second kappa shape index (κ2) is 11.1. The lowest BCUT2D eigenvalue weighted by Gasteiger charge is -2.33. The van der Waals surface area contributed by atoms with E-state index in [0.29, 0.717) is 16.8 Å². The first-order valence-corrected chi connectivity index (χ1v) is 12.2. The Morgan fingerprint density at radius 1 is 0.914 bits per heavy atom. The van der Waals surface area contributed by atoms with Crippen LogP contribution in [-0.2, 0) is 4.79 Å². The first-order chi connectivity index (χ1) is 16.9. The van der Waals surface area contributed by atoms with Crippen LogP contribution >= 0.6 is 0 Å². The fourth-order valence-electron chi connectivity index (χ4n) is 4.55. The summed E-state index contributed by atoms with van der Waals surface area (Å²) in [6.07, 6.45) is 6.79. The molecule has 1 saturated carbocycles. The zero-order valence-electron chi connectivity index (χ0n) is 20.2. The number of ketones is 1. The normalized spacial score (nSPS) is 14.7. The number of amides is 2. The molecule has 1 unspecified atom stereocenters. The van der Waals surface area contributed by atoms with Gasteiger partial charge in [0.2, 0.25) is 5.91 Å². The third-order valence-corrected chi connectivity index (χ3v) is 6.51. The first kappa shape index (κ1) is 24.3. The van der Waals surface area contributed by atoms with Gasteiger partial charge in [0.1, 0.15) is 11.7 Å². The van der Waals surface area contributed by atoms with Gasteiger partial charge in [-0.25, -0.2) is 0 Å². The summed E-state index contributed by atoms with van der Waals surface area (Å²) in [4.78, 5) is 45.3. The minimum Gasteiger partial charge on any atom is -0.351 e. The molecule has 3 aromatic rings. The zero-order valence-corrected chi connectivity index (χ0v) is 20.2. The van der Waals surface area contributed by atoms with Crippen molar-refractivity contribution in [3.8, 4) is 0 Å². The molecule has 0 saturated heterocycles. The molecule has 1 aliphatic rings. The Morgan fingerprint density at radius 3 is 2.20 bits per heavy atom. The Morgan fingerprint density at radius 2 is 1.60 bits per heavy atom. The zero-order chi connectivity index (χ0) is 24.8. The third kappa shape index (κ3) is 5.83. The number of nitrogens with zero attached hydrogens (tertiary/aromatic N) is 2. The molecule has 0 bridgehead atoms. The van der Waals surface area contributed by atoms with Gasteiger partial charge in [-0.3, -0.25) is 24.3 Å². The van der Waals surface area contributed by atoms with Crippen LogP contribution in [0.2, 0.25) is 0 Å². The standard InChI is InChI=1S/C29H31N3O3/c1-20-11-13-23(14-12-20)27(28(34)31-24-8-4-3-5-9-24)32(29(35)26-10-6-7-19-30-26)25-17-15-22(16-18-25)21(2)33/h6-7,10-19,24,27H,3-5,8-9H2,1-2H3,(H,31,34). The Kier molecular flexibility index (Phi) is 7.70. The molecule has 4 rings (SSSR count). The number of hydrogen-bond acceptors (Lipinski definition) is 4. The van der Waals surface area contributed by atoms with Crippen LogP contribution < -0.4 is 10.2 Å². The second-order valence-corrected chi connectivity index (χ2v) is 9.15. The maximum absolute atomic E-state index is 13.9. The van der Waals surface area contributed by atoms with Crippen LogP contribution in [0.4, 0.5) is 5.69 Å². The molecule has 0 radical (unpaired) electrons. The van der Waals surface area contributed by atoms with Gasteiger partial charge in [0, 0.05) is 23.5 Å². The van der Waals surface area contributed by atoms with Crippen LogP contribution in [0.15, 0.2) is 72.9 Å². The van der Waals surface area contributed by atoms with Crippen molar-refractivity contribution in [2.24, 2.45) is 0 Å². The maximum Gasteiger partial charge on any atom is 0.277 e. The quantitative estimate of drug-likeness (QED) is 0.468. The predicted octanol–water partition coefficient (Wildman–Crippen LogP) is 5.43. The van der Waals surface area contributed by atoms with E-state index in [0.717, 1.165) is 31.2 Å². The van der Waals surface area contributed by atoms with Crippen LogP contribution in [0, 0.1) is 6.92 Å². The fraction of sp³-hybridized carbons (Fsp3) is 0.310. The number of hydrogen-bond donors (Lipinski definition) is 1. The van der Waals surface area contributed by atoms with Crippen molar-refractivity contribution in [3.63, 3.8) is 0 Å². The van der Waals surface area contributed by atoms with Gasteiger partial charge in [0.15, 0.2) is 5.78 Å². The van der Waals surface area contributed by atoms with E-state index in [1.54, 1.807) is 48.7 Å². The van der Waals surface area contributed by atoms with E-state index in [4.69, 9.17) is 0 Å². The number of Topliss-reactive ketones (excluding diaryl/α,β-unsaturated/α-hetero) is 1. The lowest BCUT2D eigenvalue weighted by atomic mass is 9.94. The largest absolute Gasteiger partial charge is 0.351 e. The van der Waals surface area contributed by atoms with Gasteiger partial charge in [-0.1, -0.05) is 55.2 Å². The van der Waals surface area contributed by atoms with Gasteiger partial charge < -0.3 is 5.32 Å². The number of pyridine rings is 1. The first-order valence-electron chi connectivity index (χ1n) is 12.2. The van der Waals surface area contributed by atoms with E-state index in [1.807, 2.05) is 31.2 Å². The highest BCUT2D eigenvalue weighted by Crippen LogP contribution is 2.31. The maximum atomic E-state index is 13.9. The molecule has 180 valence electrons. The number of carbonyl (C=O) groups excluding carboxylic acids is 3. The molecule has 1 aliphatic carbocycles. The van der Waals surface area contributed by atoms with E-state index in [9.17, 15) is 14.4 Å². The van der Waals surface area contributed by atoms with Crippen LogP contribution in [0.5, 0.6) is 0 Å². The van der Waals surface area contributed by atoms with Crippen LogP contribution in [0.25, 0.3) is 0 Å². The Labute approximate surface area is 206 Å². The van der Waals surface area contributed by atoms with Crippen molar-refractivity contribution < 1.29 is 14.4 Å². The molecule has 35 heavy (non-hydrogen) atoms. The summed E-state index contributed by atoms with van der Waals surface area (Å²) in [7, 11) is 0. The lowest BCUT2D eigenvalue weighted by Crippen LogP contribution is -2.47. The number of benzene rings is 2. The highest BCUT2D eigenvalue weighted by Gasteiger charge is 2.35. The van der Waals surface area contributed by atoms with Gasteiger partial charge in [0.25, 0.3) is 5.91 Å². The summed E-state index contributed by atoms with van der Waals surface area (Å²) >= 11 is 0. The highest BCUT2D eigenvalue weighted by atomic mass is 16.2. The molecule has 1 fully saturated rings. The molecular formula is C29H31N3O3. The summed E-state index contributed by atoms with van der Waals surface area (Å²) in [5.41, 5.74) is 3.08. The number of nitrogens with one attached hydrogen (secondary N) is 1. The summed E-state index contributed by atoms with van der Waals surface area (Å²) < 4.78 is 0. The van der Waals surface area contributed by atoms with Gasteiger partial charge in [-0.2, -0.15) is 0 Å². The number of anilines is 1. The number of rotatable bonds is 7. The molecule has 0 aliphatic heterocycles. The molecule has 6 nitrogen and oxygen atoms in total. The monoisotopic (exact) mass is 469 g/mol. The Hall–Kier alpha value is -3.80. The van der Waals surface area contributed by atoms with E-state index >= 15 is 0 Å². The minimum atomic E-state index is -0.893. The molecular weight excluding hydrogens is 438 g/mol. The fourth-order valence-corrected chi connectivity index (χ4v) is 4.55. The minimum absolute atomic E-state index is 0.0655. The molecule has 6 heteroatoms. The summed E-state index contributed by atoms with van der Waals surface area (Å²) in [6.45, 7) is 3.48. The van der Waals surface area contributed by atoms with Crippen molar-refractivity contribution in [1.82, 2.24) is 10.3 Å². The Bertz CT molecular complexity index is 1170. The second-order valence-electron chi connectivity index (χ2n) is 9.15. The molecule has 2 amide bonds. The van der Waals surface area contributed by atoms with Crippen LogP contribution in [0.3, 0.4) is 0 Å². The van der Waals surface area contributed by atoms with Gasteiger partial charge in [0.05, 0.1) is 0 Å². The van der Waals surface area contributed by atoms with Crippen molar-refractivity contribution in [2.75, 3.05) is 4.90 Å². The summed E-state index contributed by atoms with van der Waals surface area (Å²) in [5.74, 6) is -0.671. The van der Waals surface area contributed by atoms with Crippen molar-refractivity contribution in [2.45, 2.75) is 58.0 Å². The van der Waals surface area contributed by atoms with Gasteiger partial charge in [-0.15, -0.1) is 0 Å². The van der Waals surface area contributed by atoms with Crippen LogP contribution in [0.1, 0.15) is 77.0 Å². The SMILES string of the molecule is CC(=O)c1ccc(N(C(=O)c2ccccn2)C(C(=O)NC2CCCCC2)c2ccc(C)cc2)cc1. The van der Waals surface area contributed by atoms with Crippen molar-refractivity contribution in [3.05, 3.63) is 95.3 Å². The van der Waals surface area contributed by atoms with Crippen molar-refractivity contribution in [1.29, 1.82) is 0 Å². The average Bonchev–Trinajstić information content (AvgIpc) is 2.88. The van der Waals surface area contributed by atoms with E-state index in [1.165, 1.54) is 18.2 Å². The molecule has 1 aromatic heterocycles. The number of aryl methyl sites for hydroxylation is 1. The Balaban J connectivity index is 1.80. The van der Waals surface area contributed by atoms with E-state index in [-0.39, 0.29) is 29.3 Å². The van der Waals surface area contributed by atoms with Crippen molar-refractivity contribution >= 4 is 23.3 Å². The van der Waals surface area contributed by atoms with Crippen LogP contribution in [-0.4, -0.2) is 28.6 Å². The highest BCUT2D eigenvalue weighted by molar-refractivity contribution is 6.09. The van der Waals surface area contributed by atoms with Gasteiger partial charge in [-0.05, 0) is 68.7 Å². The topological polar surface area (TPSA) is 79.4 Å². The average molecular weight is 470 g/mol. The molecule has 2 aromatic carbocycles. The molecule has 1 heterocycles. The third-order valence-electron chi connectivity index (χ3n) is 6.51.